The second-order valence-electron chi connectivity index (χ2n) is 6.12. The predicted molar refractivity (Wildman–Crippen MR) is 88.5 cm³/mol. The van der Waals surface area contributed by atoms with Crippen molar-refractivity contribution >= 4 is 28.9 Å². The van der Waals surface area contributed by atoms with E-state index in [0.29, 0.717) is 29.0 Å². The number of hydrogen-bond donors (Lipinski definition) is 2. The van der Waals surface area contributed by atoms with Crippen LogP contribution in [0.1, 0.15) is 32.6 Å². The topological polar surface area (TPSA) is 58.4 Å². The van der Waals surface area contributed by atoms with E-state index in [1.165, 1.54) is 25.7 Å². The zero-order valence-corrected chi connectivity index (χ0v) is 13.5. The highest BCUT2D eigenvalue weighted by Gasteiger charge is 2.23. The molecule has 0 heterocycles. The van der Waals surface area contributed by atoms with Crippen molar-refractivity contribution in [2.75, 3.05) is 24.6 Å². The zero-order chi connectivity index (χ0) is 15.4. The summed E-state index contributed by atoms with van der Waals surface area (Å²) in [6, 6.07) is 5.59. The molecule has 0 radical (unpaired) electrons. The van der Waals surface area contributed by atoms with Crippen molar-refractivity contribution in [3.8, 4) is 0 Å². The highest BCUT2D eigenvalue weighted by molar-refractivity contribution is 6.33. The number of likely N-dealkylation sites (N-methyl/N-ethyl adjacent to an activating group) is 1. The first kappa shape index (κ1) is 16.1. The average Bonchev–Trinajstić information content (AvgIpc) is 2.43. The molecule has 1 aliphatic rings. The lowest BCUT2D eigenvalue weighted by atomic mass is 9.87. The lowest BCUT2D eigenvalue weighted by Crippen LogP contribution is -2.39. The van der Waals surface area contributed by atoms with E-state index in [4.69, 9.17) is 17.3 Å². The molecule has 0 bridgehead atoms. The van der Waals surface area contributed by atoms with Gasteiger partial charge < -0.3 is 11.1 Å². The summed E-state index contributed by atoms with van der Waals surface area (Å²) in [5, 5.41) is 3.34. The minimum atomic E-state index is -0.0522. The normalized spacial score (nSPS) is 22.3. The van der Waals surface area contributed by atoms with Gasteiger partial charge in [0.05, 0.1) is 17.3 Å². The number of amides is 1. The maximum Gasteiger partial charge on any atom is 0.238 e. The number of nitrogens with one attached hydrogen (secondary N) is 1. The Bertz CT molecular complexity index is 498. The molecule has 1 aliphatic carbocycles. The summed E-state index contributed by atoms with van der Waals surface area (Å²) in [5.41, 5.74) is 6.88. The van der Waals surface area contributed by atoms with E-state index in [1.807, 2.05) is 7.05 Å². The first-order chi connectivity index (χ1) is 9.95. The molecule has 0 aromatic heterocycles. The van der Waals surface area contributed by atoms with E-state index in [-0.39, 0.29) is 5.91 Å². The van der Waals surface area contributed by atoms with Gasteiger partial charge in [-0.2, -0.15) is 0 Å². The van der Waals surface area contributed by atoms with Crippen LogP contribution in [0.15, 0.2) is 18.2 Å². The highest BCUT2D eigenvalue weighted by Crippen LogP contribution is 2.27. The van der Waals surface area contributed by atoms with Gasteiger partial charge in [-0.05, 0) is 56.8 Å². The highest BCUT2D eigenvalue weighted by atomic mass is 35.5. The number of rotatable bonds is 4. The molecular formula is C16H24ClN3O. The van der Waals surface area contributed by atoms with Crippen molar-refractivity contribution in [1.82, 2.24) is 4.90 Å². The van der Waals surface area contributed by atoms with Gasteiger partial charge in [-0.1, -0.05) is 18.5 Å². The number of carbonyl (C=O) groups excluding carboxylic acids is 1. The average molecular weight is 310 g/mol. The Kier molecular flexibility index (Phi) is 5.48. The Labute approximate surface area is 131 Å². The molecular weight excluding hydrogens is 286 g/mol. The molecule has 4 nitrogen and oxygen atoms in total. The summed E-state index contributed by atoms with van der Waals surface area (Å²) in [6.07, 6.45) is 4.84. The molecule has 5 heteroatoms. The lowest BCUT2D eigenvalue weighted by molar-refractivity contribution is -0.117. The summed E-state index contributed by atoms with van der Waals surface area (Å²) in [7, 11) is 2.02. The summed E-state index contributed by atoms with van der Waals surface area (Å²) < 4.78 is 0. The Hall–Kier alpha value is -1.26. The molecule has 1 aromatic rings. The Morgan fingerprint density at radius 3 is 2.71 bits per heavy atom. The molecule has 0 spiro atoms. The standard InChI is InChI=1S/C16H24ClN3O/c1-11-3-6-13(7-4-11)20(2)10-16(21)19-15-9-12(18)5-8-14(15)17/h5,8-9,11,13H,3-4,6-7,10,18H2,1-2H3,(H,19,21). The minimum absolute atomic E-state index is 0.0522. The Morgan fingerprint density at radius 2 is 2.05 bits per heavy atom. The van der Waals surface area contributed by atoms with E-state index in [1.54, 1.807) is 18.2 Å². The largest absolute Gasteiger partial charge is 0.399 e. The first-order valence-corrected chi connectivity index (χ1v) is 7.88. The number of hydrogen-bond acceptors (Lipinski definition) is 3. The van der Waals surface area contributed by atoms with Crippen molar-refractivity contribution in [2.24, 2.45) is 5.92 Å². The SMILES string of the molecule is CC1CCC(N(C)CC(=O)Nc2cc(N)ccc2Cl)CC1. The van der Waals surface area contributed by atoms with Crippen LogP contribution in [0.3, 0.4) is 0 Å². The maximum atomic E-state index is 12.1. The second-order valence-corrected chi connectivity index (χ2v) is 6.52. The molecule has 1 amide bonds. The van der Waals surface area contributed by atoms with E-state index >= 15 is 0 Å². The fraction of sp³-hybridized carbons (Fsp3) is 0.562. The summed E-state index contributed by atoms with van der Waals surface area (Å²) in [6.45, 7) is 2.68. The van der Waals surface area contributed by atoms with Crippen molar-refractivity contribution in [3.63, 3.8) is 0 Å². The van der Waals surface area contributed by atoms with Gasteiger partial charge in [0.1, 0.15) is 0 Å². The molecule has 2 rings (SSSR count). The number of nitrogens with two attached hydrogens (primary N) is 1. The third-order valence-electron chi connectivity index (χ3n) is 4.27. The van der Waals surface area contributed by atoms with Crippen LogP contribution in [0.5, 0.6) is 0 Å². The van der Waals surface area contributed by atoms with Crippen LogP contribution in [0.25, 0.3) is 0 Å². The van der Waals surface area contributed by atoms with Gasteiger partial charge in [-0.25, -0.2) is 0 Å². The van der Waals surface area contributed by atoms with Gasteiger partial charge in [-0.15, -0.1) is 0 Å². The van der Waals surface area contributed by atoms with Crippen LogP contribution < -0.4 is 11.1 Å². The summed E-state index contributed by atoms with van der Waals surface area (Å²) in [4.78, 5) is 14.3. The monoisotopic (exact) mass is 309 g/mol. The minimum Gasteiger partial charge on any atom is -0.399 e. The number of nitrogen functional groups attached to an aromatic ring is 1. The van der Waals surface area contributed by atoms with E-state index < -0.39 is 0 Å². The first-order valence-electron chi connectivity index (χ1n) is 7.51. The number of benzene rings is 1. The van der Waals surface area contributed by atoms with E-state index in [9.17, 15) is 4.79 Å². The van der Waals surface area contributed by atoms with Crippen LogP contribution in [0, 0.1) is 5.92 Å². The number of anilines is 2. The van der Waals surface area contributed by atoms with Gasteiger partial charge in [0, 0.05) is 11.7 Å². The Balaban J connectivity index is 1.88. The van der Waals surface area contributed by atoms with Crippen molar-refractivity contribution in [3.05, 3.63) is 23.2 Å². The van der Waals surface area contributed by atoms with Crippen LogP contribution >= 0.6 is 11.6 Å². The van der Waals surface area contributed by atoms with Gasteiger partial charge >= 0.3 is 0 Å². The molecule has 0 saturated heterocycles. The van der Waals surface area contributed by atoms with Crippen molar-refractivity contribution < 1.29 is 4.79 Å². The molecule has 116 valence electrons. The molecule has 1 aromatic carbocycles. The fourth-order valence-electron chi connectivity index (χ4n) is 2.87. The van der Waals surface area contributed by atoms with E-state index in [0.717, 1.165) is 5.92 Å². The van der Waals surface area contributed by atoms with Gasteiger partial charge in [0.2, 0.25) is 5.91 Å². The fourth-order valence-corrected chi connectivity index (χ4v) is 3.03. The van der Waals surface area contributed by atoms with Crippen molar-refractivity contribution in [1.29, 1.82) is 0 Å². The zero-order valence-electron chi connectivity index (χ0n) is 12.7. The molecule has 21 heavy (non-hydrogen) atoms. The van der Waals surface area contributed by atoms with Crippen molar-refractivity contribution in [2.45, 2.75) is 38.6 Å². The number of carbonyl (C=O) groups is 1. The number of nitrogens with zero attached hydrogens (tertiary/aromatic N) is 1. The maximum absolute atomic E-state index is 12.1. The smallest absolute Gasteiger partial charge is 0.238 e. The second kappa shape index (κ2) is 7.14. The van der Waals surface area contributed by atoms with Gasteiger partial charge in [0.15, 0.2) is 0 Å². The molecule has 0 unspecified atom stereocenters. The molecule has 3 N–H and O–H groups in total. The molecule has 1 saturated carbocycles. The van der Waals surface area contributed by atoms with Crippen LogP contribution in [0.4, 0.5) is 11.4 Å². The van der Waals surface area contributed by atoms with E-state index in [2.05, 4.69) is 17.1 Å². The van der Waals surface area contributed by atoms with Gasteiger partial charge in [-0.3, -0.25) is 9.69 Å². The Morgan fingerprint density at radius 1 is 1.38 bits per heavy atom. The quantitative estimate of drug-likeness (QED) is 0.838. The van der Waals surface area contributed by atoms with Crippen LogP contribution in [0.2, 0.25) is 5.02 Å². The third kappa shape index (κ3) is 4.61. The van der Waals surface area contributed by atoms with Gasteiger partial charge in [0.25, 0.3) is 0 Å². The van der Waals surface area contributed by atoms with Crippen LogP contribution in [-0.4, -0.2) is 30.4 Å². The number of halogens is 1. The summed E-state index contributed by atoms with van der Waals surface area (Å²) in [5.74, 6) is 0.762. The predicted octanol–water partition coefficient (Wildman–Crippen LogP) is 3.37. The molecule has 0 aliphatic heterocycles. The third-order valence-corrected chi connectivity index (χ3v) is 4.60. The summed E-state index contributed by atoms with van der Waals surface area (Å²) >= 11 is 6.06. The molecule has 0 atom stereocenters. The molecule has 1 fully saturated rings. The lowest BCUT2D eigenvalue weighted by Gasteiger charge is -2.33. The van der Waals surface area contributed by atoms with Crippen LogP contribution in [-0.2, 0) is 4.79 Å².